The van der Waals surface area contributed by atoms with Crippen LogP contribution in [0.4, 0.5) is 11.8 Å². The molecule has 2 fully saturated rings. The summed E-state index contributed by atoms with van der Waals surface area (Å²) >= 11 is 0. The third kappa shape index (κ3) is 3.21. The quantitative estimate of drug-likeness (QED) is 0.500. The van der Waals surface area contributed by atoms with Crippen molar-refractivity contribution in [1.29, 1.82) is 0 Å². The van der Waals surface area contributed by atoms with Gasteiger partial charge in [0.25, 0.3) is 5.56 Å². The van der Waals surface area contributed by atoms with E-state index in [1.807, 2.05) is 18.2 Å². The molecule has 8 heteroatoms. The number of nitrogens with zero attached hydrogens (tertiary/aromatic N) is 5. The molecule has 4 aromatic rings. The van der Waals surface area contributed by atoms with Crippen LogP contribution in [-0.2, 0) is 6.42 Å². The summed E-state index contributed by atoms with van der Waals surface area (Å²) in [6.07, 6.45) is 11.2. The van der Waals surface area contributed by atoms with Gasteiger partial charge in [0.05, 0.1) is 16.3 Å². The molecule has 0 amide bonds. The third-order valence-electron chi connectivity index (χ3n) is 7.19. The summed E-state index contributed by atoms with van der Waals surface area (Å²) < 4.78 is 3.92. The van der Waals surface area contributed by atoms with E-state index in [1.54, 1.807) is 10.9 Å². The smallest absolute Gasteiger partial charge is 0.263 e. The number of nitrogen functional groups attached to an aromatic ring is 2. The van der Waals surface area contributed by atoms with Gasteiger partial charge in [0, 0.05) is 18.3 Å². The normalized spacial score (nSPS) is 21.0. The first kappa shape index (κ1) is 19.3. The van der Waals surface area contributed by atoms with Crippen molar-refractivity contribution >= 4 is 33.7 Å². The topological polar surface area (TPSA) is 118 Å². The zero-order chi connectivity index (χ0) is 21.8. The van der Waals surface area contributed by atoms with Gasteiger partial charge in [-0.25, -0.2) is 15.0 Å². The second kappa shape index (κ2) is 7.32. The summed E-state index contributed by atoms with van der Waals surface area (Å²) in [5, 5.41) is 1.59. The molecular formula is C24H27N7O. The molecule has 0 aliphatic heterocycles. The van der Waals surface area contributed by atoms with Crippen molar-refractivity contribution < 1.29 is 0 Å². The number of fused-ring (bicyclic) bond motifs is 2. The highest BCUT2D eigenvalue weighted by molar-refractivity contribution is 5.86. The van der Waals surface area contributed by atoms with Crippen molar-refractivity contribution in [1.82, 2.24) is 24.1 Å². The maximum Gasteiger partial charge on any atom is 0.263 e. The van der Waals surface area contributed by atoms with Crippen LogP contribution in [0.15, 0.2) is 41.6 Å². The van der Waals surface area contributed by atoms with Crippen LogP contribution in [0.25, 0.3) is 21.9 Å². The molecule has 3 heterocycles. The average molecular weight is 430 g/mol. The predicted octanol–water partition coefficient (Wildman–Crippen LogP) is 3.61. The Bertz CT molecular complexity index is 1380. The largest absolute Gasteiger partial charge is 0.383 e. The van der Waals surface area contributed by atoms with E-state index in [0.29, 0.717) is 34.6 Å². The molecule has 2 aliphatic carbocycles. The molecule has 8 nitrogen and oxygen atoms in total. The fourth-order valence-electron chi connectivity index (χ4n) is 5.32. The van der Waals surface area contributed by atoms with Crippen molar-refractivity contribution in [2.75, 3.05) is 11.5 Å². The lowest BCUT2D eigenvalue weighted by Crippen LogP contribution is -2.23. The van der Waals surface area contributed by atoms with E-state index in [2.05, 4.69) is 31.8 Å². The highest BCUT2D eigenvalue weighted by Gasteiger charge is 2.28. The van der Waals surface area contributed by atoms with Crippen LogP contribution in [0.3, 0.4) is 0 Å². The Hall–Kier alpha value is -3.42. The summed E-state index contributed by atoms with van der Waals surface area (Å²) in [5.74, 6) is 1.54. The Morgan fingerprint density at radius 1 is 1.00 bits per heavy atom. The zero-order valence-corrected chi connectivity index (χ0v) is 17.9. The lowest BCUT2D eigenvalue weighted by molar-refractivity contribution is 0.461. The number of hydrogen-bond donors (Lipinski definition) is 2. The molecule has 6 rings (SSSR count). The zero-order valence-electron chi connectivity index (χ0n) is 17.9. The van der Waals surface area contributed by atoms with Crippen LogP contribution in [-0.4, -0.2) is 24.1 Å². The first-order chi connectivity index (χ1) is 15.6. The summed E-state index contributed by atoms with van der Waals surface area (Å²) in [6.45, 7) is 0. The molecule has 0 radical (unpaired) electrons. The molecule has 164 valence electrons. The Balaban J connectivity index is 1.16. The molecule has 32 heavy (non-hydrogen) atoms. The van der Waals surface area contributed by atoms with Crippen LogP contribution in [0, 0.1) is 5.92 Å². The molecule has 0 spiro atoms. The molecule has 4 N–H and O–H groups in total. The van der Waals surface area contributed by atoms with Crippen molar-refractivity contribution in [3.05, 3.63) is 52.7 Å². The minimum absolute atomic E-state index is 0.0106. The number of aryl methyl sites for hydroxylation is 1. The molecule has 2 aliphatic rings. The molecule has 2 unspecified atom stereocenters. The maximum atomic E-state index is 12.8. The monoisotopic (exact) mass is 429 g/mol. The average Bonchev–Trinajstić information content (AvgIpc) is 3.32. The van der Waals surface area contributed by atoms with Crippen molar-refractivity contribution in [3.63, 3.8) is 0 Å². The van der Waals surface area contributed by atoms with Gasteiger partial charge in [0.2, 0.25) is 5.95 Å². The van der Waals surface area contributed by atoms with Crippen molar-refractivity contribution in [3.8, 4) is 0 Å². The van der Waals surface area contributed by atoms with E-state index < -0.39 is 0 Å². The number of anilines is 2. The molecule has 2 atom stereocenters. The van der Waals surface area contributed by atoms with E-state index >= 15 is 0 Å². The van der Waals surface area contributed by atoms with Crippen LogP contribution in [0.1, 0.15) is 56.2 Å². The van der Waals surface area contributed by atoms with Crippen molar-refractivity contribution in [2.45, 2.75) is 57.0 Å². The van der Waals surface area contributed by atoms with Crippen LogP contribution in [0.5, 0.6) is 0 Å². The van der Waals surface area contributed by atoms with Crippen LogP contribution in [0.2, 0.25) is 0 Å². The van der Waals surface area contributed by atoms with Gasteiger partial charge in [0.15, 0.2) is 0 Å². The second-order valence-electron chi connectivity index (χ2n) is 9.32. The third-order valence-corrected chi connectivity index (χ3v) is 7.19. The molecule has 3 aromatic heterocycles. The van der Waals surface area contributed by atoms with E-state index in [-0.39, 0.29) is 11.6 Å². The van der Waals surface area contributed by atoms with Gasteiger partial charge >= 0.3 is 0 Å². The van der Waals surface area contributed by atoms with Crippen LogP contribution < -0.4 is 17.0 Å². The number of nitrogens with two attached hydrogens (primary N) is 2. The lowest BCUT2D eigenvalue weighted by Gasteiger charge is -2.15. The van der Waals surface area contributed by atoms with Gasteiger partial charge in [-0.3, -0.25) is 9.36 Å². The van der Waals surface area contributed by atoms with Gasteiger partial charge in [-0.15, -0.1) is 0 Å². The Morgan fingerprint density at radius 2 is 1.84 bits per heavy atom. The Morgan fingerprint density at radius 3 is 2.69 bits per heavy atom. The predicted molar refractivity (Wildman–Crippen MR) is 125 cm³/mol. The van der Waals surface area contributed by atoms with E-state index in [4.69, 9.17) is 11.5 Å². The van der Waals surface area contributed by atoms with E-state index in [0.717, 1.165) is 49.6 Å². The highest BCUT2D eigenvalue weighted by atomic mass is 16.1. The van der Waals surface area contributed by atoms with Gasteiger partial charge in [0.1, 0.15) is 17.8 Å². The molecular weight excluding hydrogens is 402 g/mol. The lowest BCUT2D eigenvalue weighted by atomic mass is 9.97. The maximum absolute atomic E-state index is 12.8. The standard InChI is InChI=1S/C24H27N7O/c25-21-19-9-10-30(22(19)28-13-27-21)17-5-3-14(11-17)1-2-15-4-8-18-20(12-15)29-24(26)31(23(18)32)16-6-7-16/h4,8-10,12-14,16-17H,1-3,5-7,11H2,(H2,26,29)(H2,25,27,28). The fourth-order valence-corrected chi connectivity index (χ4v) is 5.32. The molecule has 1 aromatic carbocycles. The second-order valence-corrected chi connectivity index (χ2v) is 9.32. The first-order valence-corrected chi connectivity index (χ1v) is 11.5. The Labute approximate surface area is 185 Å². The Kier molecular flexibility index (Phi) is 4.41. The summed E-state index contributed by atoms with van der Waals surface area (Å²) in [4.78, 5) is 25.9. The molecule has 2 saturated carbocycles. The van der Waals surface area contributed by atoms with Gasteiger partial charge in [-0.05, 0) is 74.6 Å². The number of aromatic nitrogens is 5. The summed E-state index contributed by atoms with van der Waals surface area (Å²) in [7, 11) is 0. The summed E-state index contributed by atoms with van der Waals surface area (Å²) in [5.41, 5.74) is 14.9. The van der Waals surface area contributed by atoms with Crippen molar-refractivity contribution in [2.24, 2.45) is 5.92 Å². The molecule has 0 saturated heterocycles. The van der Waals surface area contributed by atoms with Gasteiger partial charge in [-0.2, -0.15) is 0 Å². The van der Waals surface area contributed by atoms with E-state index in [1.165, 1.54) is 12.0 Å². The van der Waals surface area contributed by atoms with E-state index in [9.17, 15) is 4.79 Å². The van der Waals surface area contributed by atoms with Gasteiger partial charge < -0.3 is 16.0 Å². The first-order valence-electron chi connectivity index (χ1n) is 11.5. The molecule has 0 bridgehead atoms. The number of hydrogen-bond acceptors (Lipinski definition) is 6. The number of rotatable bonds is 5. The minimum atomic E-state index is -0.0106. The number of benzene rings is 1. The summed E-state index contributed by atoms with van der Waals surface area (Å²) in [6, 6.07) is 8.73. The fraction of sp³-hybridized carbons (Fsp3) is 0.417. The minimum Gasteiger partial charge on any atom is -0.383 e. The van der Waals surface area contributed by atoms with Gasteiger partial charge in [-0.1, -0.05) is 6.07 Å². The SMILES string of the molecule is Nc1ncnc2c1ccn2C1CCC(CCc2ccc3c(=O)n(C4CC4)c(N)nc3c2)C1. The van der Waals surface area contributed by atoms with Crippen LogP contribution >= 0.6 is 0 Å². The highest BCUT2D eigenvalue weighted by Crippen LogP contribution is 2.39.